The first-order valence-corrected chi connectivity index (χ1v) is 8.99. The molecule has 26 heavy (non-hydrogen) atoms. The highest BCUT2D eigenvalue weighted by Crippen LogP contribution is 2.32. The van der Waals surface area contributed by atoms with E-state index in [-0.39, 0.29) is 11.8 Å². The van der Waals surface area contributed by atoms with Crippen LogP contribution in [0.3, 0.4) is 0 Å². The van der Waals surface area contributed by atoms with E-state index in [2.05, 4.69) is 10.3 Å². The van der Waals surface area contributed by atoms with Gasteiger partial charge in [0.25, 0.3) is 5.91 Å². The zero-order valence-electron chi connectivity index (χ0n) is 14.4. The normalized spacial score (nSPS) is 13.5. The number of carbonyl (C=O) groups is 2. The summed E-state index contributed by atoms with van der Waals surface area (Å²) in [7, 11) is 1.57. The van der Waals surface area contributed by atoms with Gasteiger partial charge in [0.1, 0.15) is 0 Å². The van der Waals surface area contributed by atoms with Gasteiger partial charge in [-0.3, -0.25) is 9.59 Å². The number of nitrogens with zero attached hydrogens (tertiary/aromatic N) is 2. The van der Waals surface area contributed by atoms with Gasteiger partial charge < -0.3 is 19.4 Å². The summed E-state index contributed by atoms with van der Waals surface area (Å²) < 4.78 is 11.1. The van der Waals surface area contributed by atoms with E-state index in [1.807, 2.05) is 12.1 Å². The summed E-state index contributed by atoms with van der Waals surface area (Å²) in [6.07, 6.45) is 0.653. The van der Waals surface area contributed by atoms with Crippen molar-refractivity contribution in [1.82, 2.24) is 9.88 Å². The highest BCUT2D eigenvalue weighted by atomic mass is 32.1. The fraction of sp³-hybridized carbons (Fsp3) is 0.278. The molecule has 4 rings (SSSR count). The van der Waals surface area contributed by atoms with E-state index in [1.54, 1.807) is 24.1 Å². The molecule has 7 nitrogen and oxygen atoms in total. The first kappa shape index (κ1) is 16.6. The first-order chi connectivity index (χ1) is 12.5. The molecule has 1 N–H and O–H groups in total. The van der Waals surface area contributed by atoms with Crippen LogP contribution in [0, 0.1) is 0 Å². The Labute approximate surface area is 153 Å². The molecule has 0 unspecified atom stereocenters. The Morgan fingerprint density at radius 1 is 1.38 bits per heavy atom. The molecule has 1 aromatic carbocycles. The first-order valence-electron chi connectivity index (χ1n) is 8.17. The summed E-state index contributed by atoms with van der Waals surface area (Å²) in [5.74, 6) is 0.577. The van der Waals surface area contributed by atoms with Gasteiger partial charge in [0.15, 0.2) is 22.2 Å². The number of furan rings is 1. The molecule has 3 heterocycles. The van der Waals surface area contributed by atoms with Crippen molar-refractivity contribution in [2.45, 2.75) is 19.9 Å². The SMILES string of the molecule is COc1cccc2cc(C(=O)N3CCc4nc(NC(C)=O)sc4C3)oc12. The number of methoxy groups -OCH3 is 1. The van der Waals surface area contributed by atoms with Crippen LogP contribution in [-0.2, 0) is 17.8 Å². The minimum Gasteiger partial charge on any atom is -0.493 e. The zero-order valence-corrected chi connectivity index (χ0v) is 15.2. The van der Waals surface area contributed by atoms with Crippen molar-refractivity contribution in [3.05, 3.63) is 40.6 Å². The summed E-state index contributed by atoms with van der Waals surface area (Å²) in [5.41, 5.74) is 1.51. The minimum absolute atomic E-state index is 0.153. The molecular weight excluding hydrogens is 354 g/mol. The summed E-state index contributed by atoms with van der Waals surface area (Å²) in [6, 6.07) is 7.29. The third-order valence-electron chi connectivity index (χ3n) is 4.24. The van der Waals surface area contributed by atoms with E-state index in [0.29, 0.717) is 41.7 Å². The third-order valence-corrected chi connectivity index (χ3v) is 5.24. The van der Waals surface area contributed by atoms with Gasteiger partial charge in [0, 0.05) is 30.2 Å². The minimum atomic E-state index is -0.164. The highest BCUT2D eigenvalue weighted by molar-refractivity contribution is 7.15. The van der Waals surface area contributed by atoms with Crippen molar-refractivity contribution in [3.63, 3.8) is 0 Å². The molecule has 3 aromatic rings. The van der Waals surface area contributed by atoms with Gasteiger partial charge in [0.2, 0.25) is 5.91 Å². The number of carbonyl (C=O) groups excluding carboxylic acids is 2. The Morgan fingerprint density at radius 2 is 2.23 bits per heavy atom. The Bertz CT molecular complexity index is 1010. The topological polar surface area (TPSA) is 84.7 Å². The number of para-hydroxylation sites is 1. The van der Waals surface area contributed by atoms with Crippen molar-refractivity contribution in [3.8, 4) is 5.75 Å². The lowest BCUT2D eigenvalue weighted by molar-refractivity contribution is -0.114. The maximum Gasteiger partial charge on any atom is 0.289 e. The van der Waals surface area contributed by atoms with Crippen LogP contribution in [0.25, 0.3) is 11.0 Å². The highest BCUT2D eigenvalue weighted by Gasteiger charge is 2.27. The molecule has 1 aliphatic rings. The molecular formula is C18H17N3O4S. The second-order valence-corrected chi connectivity index (χ2v) is 7.12. The molecule has 2 amide bonds. The van der Waals surface area contributed by atoms with Crippen LogP contribution in [0.2, 0.25) is 0 Å². The Hall–Kier alpha value is -2.87. The monoisotopic (exact) mass is 371 g/mol. The van der Waals surface area contributed by atoms with Crippen LogP contribution in [0.4, 0.5) is 5.13 Å². The van der Waals surface area contributed by atoms with E-state index in [0.717, 1.165) is 16.0 Å². The van der Waals surface area contributed by atoms with E-state index < -0.39 is 0 Å². The second-order valence-electron chi connectivity index (χ2n) is 6.04. The zero-order chi connectivity index (χ0) is 18.3. The van der Waals surface area contributed by atoms with Crippen molar-refractivity contribution < 1.29 is 18.7 Å². The summed E-state index contributed by atoms with van der Waals surface area (Å²) in [5, 5.41) is 4.10. The molecule has 0 radical (unpaired) electrons. The smallest absolute Gasteiger partial charge is 0.289 e. The average Bonchev–Trinajstić information content (AvgIpc) is 3.22. The molecule has 0 aliphatic carbocycles. The fourth-order valence-electron chi connectivity index (χ4n) is 3.03. The largest absolute Gasteiger partial charge is 0.493 e. The Kier molecular flexibility index (Phi) is 4.12. The number of ether oxygens (including phenoxy) is 1. The molecule has 0 fully saturated rings. The lowest BCUT2D eigenvalue weighted by atomic mass is 10.1. The number of hydrogen-bond acceptors (Lipinski definition) is 6. The maximum absolute atomic E-state index is 12.9. The van der Waals surface area contributed by atoms with Gasteiger partial charge in [-0.05, 0) is 12.1 Å². The molecule has 134 valence electrons. The predicted octanol–water partition coefficient (Wildman–Crippen LogP) is 3.05. The van der Waals surface area contributed by atoms with Crippen LogP contribution in [0.15, 0.2) is 28.7 Å². The quantitative estimate of drug-likeness (QED) is 0.765. The van der Waals surface area contributed by atoms with E-state index in [4.69, 9.17) is 9.15 Å². The van der Waals surface area contributed by atoms with Gasteiger partial charge in [-0.15, -0.1) is 0 Å². The van der Waals surface area contributed by atoms with Gasteiger partial charge in [-0.2, -0.15) is 0 Å². The number of amides is 2. The van der Waals surface area contributed by atoms with E-state index in [1.165, 1.54) is 18.3 Å². The van der Waals surface area contributed by atoms with Crippen molar-refractivity contribution in [1.29, 1.82) is 0 Å². The number of nitrogens with one attached hydrogen (secondary N) is 1. The van der Waals surface area contributed by atoms with E-state index >= 15 is 0 Å². The molecule has 0 saturated heterocycles. The number of fused-ring (bicyclic) bond motifs is 2. The van der Waals surface area contributed by atoms with Gasteiger partial charge in [-0.1, -0.05) is 23.5 Å². The van der Waals surface area contributed by atoms with Crippen LogP contribution >= 0.6 is 11.3 Å². The number of rotatable bonds is 3. The van der Waals surface area contributed by atoms with Crippen LogP contribution in [0.1, 0.15) is 28.0 Å². The van der Waals surface area contributed by atoms with Crippen LogP contribution in [-0.4, -0.2) is 35.4 Å². The molecule has 2 aromatic heterocycles. The molecule has 0 spiro atoms. The molecule has 1 aliphatic heterocycles. The molecule has 0 bridgehead atoms. The van der Waals surface area contributed by atoms with E-state index in [9.17, 15) is 9.59 Å². The Balaban J connectivity index is 1.58. The van der Waals surface area contributed by atoms with Gasteiger partial charge in [-0.25, -0.2) is 4.98 Å². The van der Waals surface area contributed by atoms with Gasteiger partial charge >= 0.3 is 0 Å². The van der Waals surface area contributed by atoms with Gasteiger partial charge in [0.05, 0.1) is 19.3 Å². The summed E-state index contributed by atoms with van der Waals surface area (Å²) in [6.45, 7) is 2.47. The fourth-order valence-corrected chi connectivity index (χ4v) is 4.10. The lowest BCUT2D eigenvalue weighted by Gasteiger charge is -2.25. The van der Waals surface area contributed by atoms with Crippen molar-refractivity contribution in [2.75, 3.05) is 19.0 Å². The standard InChI is InChI=1S/C18H17N3O4S/c1-10(22)19-18-20-12-6-7-21(9-15(12)26-18)17(23)14-8-11-4-3-5-13(24-2)16(11)25-14/h3-5,8H,6-7,9H2,1-2H3,(H,19,20,22). The predicted molar refractivity (Wildman–Crippen MR) is 97.6 cm³/mol. The maximum atomic E-state index is 12.9. The summed E-state index contributed by atoms with van der Waals surface area (Å²) >= 11 is 1.40. The third kappa shape index (κ3) is 2.92. The molecule has 0 atom stereocenters. The summed E-state index contributed by atoms with van der Waals surface area (Å²) in [4.78, 5) is 31.2. The number of thiazole rings is 1. The van der Waals surface area contributed by atoms with Crippen LogP contribution in [0.5, 0.6) is 5.75 Å². The number of hydrogen-bond donors (Lipinski definition) is 1. The second kappa shape index (κ2) is 6.45. The van der Waals surface area contributed by atoms with Crippen molar-refractivity contribution >= 4 is 39.3 Å². The lowest BCUT2D eigenvalue weighted by Crippen LogP contribution is -2.35. The number of anilines is 1. The number of benzene rings is 1. The number of aromatic nitrogens is 1. The molecule has 0 saturated carbocycles. The Morgan fingerprint density at radius 3 is 3.00 bits per heavy atom. The van der Waals surface area contributed by atoms with Crippen molar-refractivity contribution in [2.24, 2.45) is 0 Å². The molecule has 8 heteroatoms. The van der Waals surface area contributed by atoms with Crippen LogP contribution < -0.4 is 10.1 Å². The average molecular weight is 371 g/mol.